The third kappa shape index (κ3) is 3.61. The highest BCUT2D eigenvalue weighted by Crippen LogP contribution is 2.25. The second-order valence-corrected chi connectivity index (χ2v) is 6.01. The summed E-state index contributed by atoms with van der Waals surface area (Å²) in [5.41, 5.74) is 0.810. The van der Waals surface area contributed by atoms with Crippen LogP contribution in [0.4, 0.5) is 5.69 Å². The van der Waals surface area contributed by atoms with Crippen LogP contribution in [0.3, 0.4) is 0 Å². The monoisotopic (exact) mass is 345 g/mol. The molecule has 25 heavy (non-hydrogen) atoms. The van der Waals surface area contributed by atoms with Gasteiger partial charge < -0.3 is 14.9 Å². The molecule has 1 aromatic heterocycles. The van der Waals surface area contributed by atoms with Crippen molar-refractivity contribution in [1.29, 1.82) is 0 Å². The zero-order valence-electron chi connectivity index (χ0n) is 13.8. The number of amides is 1. The van der Waals surface area contributed by atoms with Gasteiger partial charge in [-0.1, -0.05) is 12.1 Å². The molecule has 1 fully saturated rings. The molecule has 1 aromatic carbocycles. The van der Waals surface area contributed by atoms with E-state index in [4.69, 9.17) is 0 Å². The van der Waals surface area contributed by atoms with Gasteiger partial charge >= 0.3 is 5.69 Å². The summed E-state index contributed by atoms with van der Waals surface area (Å²) >= 11 is 0. The van der Waals surface area contributed by atoms with E-state index < -0.39 is 10.6 Å². The Morgan fingerprint density at radius 1 is 1.28 bits per heavy atom. The number of carbonyl (C=O) groups excluding carboxylic acids is 1. The van der Waals surface area contributed by atoms with Crippen molar-refractivity contribution in [2.45, 2.75) is 13.0 Å². The van der Waals surface area contributed by atoms with E-state index in [1.807, 2.05) is 13.0 Å². The fourth-order valence-corrected chi connectivity index (χ4v) is 3.04. The smallest absolute Gasteiger partial charge is 0.323 e. The van der Waals surface area contributed by atoms with Gasteiger partial charge in [-0.05, 0) is 12.5 Å². The fraction of sp³-hybridized carbons (Fsp3) is 0.375. The molecule has 9 heteroatoms. The molecule has 1 atom stereocenters. The van der Waals surface area contributed by atoms with Crippen LogP contribution in [0.2, 0.25) is 0 Å². The summed E-state index contributed by atoms with van der Waals surface area (Å²) in [7, 11) is 0. The molecule has 1 aliphatic heterocycles. The van der Waals surface area contributed by atoms with Gasteiger partial charge in [-0.15, -0.1) is 0 Å². The lowest BCUT2D eigenvalue weighted by Crippen LogP contribution is -2.49. The van der Waals surface area contributed by atoms with E-state index in [-0.39, 0.29) is 23.3 Å². The van der Waals surface area contributed by atoms with Crippen LogP contribution in [0.5, 0.6) is 0 Å². The lowest BCUT2D eigenvalue weighted by Gasteiger charge is -2.38. The zero-order valence-corrected chi connectivity index (χ0v) is 13.8. The zero-order chi connectivity index (χ0) is 18.0. The van der Waals surface area contributed by atoms with Crippen LogP contribution in [-0.2, 0) is 0 Å². The largest absolute Gasteiger partial charge is 0.335 e. The molecule has 2 aromatic rings. The van der Waals surface area contributed by atoms with Gasteiger partial charge in [0, 0.05) is 50.6 Å². The fourth-order valence-electron chi connectivity index (χ4n) is 3.04. The molecular weight excluding hydrogens is 326 g/mol. The number of nitro groups is 1. The van der Waals surface area contributed by atoms with Gasteiger partial charge in [0.2, 0.25) is 0 Å². The minimum Gasteiger partial charge on any atom is -0.335 e. The van der Waals surface area contributed by atoms with Crippen LogP contribution in [-0.4, -0.2) is 56.8 Å². The Bertz CT molecular complexity index is 835. The third-order valence-electron chi connectivity index (χ3n) is 4.54. The molecule has 0 aliphatic carbocycles. The van der Waals surface area contributed by atoms with Crippen molar-refractivity contribution in [1.82, 2.24) is 19.8 Å². The van der Waals surface area contributed by atoms with Crippen LogP contribution in [0.25, 0.3) is 0 Å². The predicted molar refractivity (Wildman–Crippen MR) is 90.4 cm³/mol. The quantitative estimate of drug-likeness (QED) is 0.637. The predicted octanol–water partition coefficient (Wildman–Crippen LogP) is 1.13. The highest BCUT2D eigenvalue weighted by Gasteiger charge is 2.26. The van der Waals surface area contributed by atoms with Crippen molar-refractivity contribution in [3.8, 4) is 0 Å². The molecule has 1 amide bonds. The van der Waals surface area contributed by atoms with Crippen molar-refractivity contribution in [2.24, 2.45) is 0 Å². The molecule has 1 aliphatic rings. The van der Waals surface area contributed by atoms with E-state index in [2.05, 4.69) is 14.9 Å². The number of rotatable bonds is 4. The van der Waals surface area contributed by atoms with Gasteiger partial charge in [-0.25, -0.2) is 4.79 Å². The number of imidazole rings is 1. The molecule has 1 saturated heterocycles. The normalized spacial score (nSPS) is 16.6. The van der Waals surface area contributed by atoms with Gasteiger partial charge in [-0.2, -0.15) is 0 Å². The summed E-state index contributed by atoms with van der Waals surface area (Å²) in [6.07, 6.45) is 1.38. The maximum absolute atomic E-state index is 12.3. The summed E-state index contributed by atoms with van der Waals surface area (Å²) in [6.45, 7) is 4.38. The SMILES string of the molecule is C[C@H](c1cccc([N+](=O)[O-])c1)N1CCN(C(=O)c2c[nH]c(=O)[nH]2)CC1. The Morgan fingerprint density at radius 3 is 2.60 bits per heavy atom. The van der Waals surface area contributed by atoms with Gasteiger partial charge in [0.25, 0.3) is 11.6 Å². The first-order chi connectivity index (χ1) is 12.0. The third-order valence-corrected chi connectivity index (χ3v) is 4.54. The Morgan fingerprint density at radius 2 is 2.00 bits per heavy atom. The number of nitro benzene ring substituents is 1. The maximum atomic E-state index is 12.3. The highest BCUT2D eigenvalue weighted by molar-refractivity contribution is 5.92. The van der Waals surface area contributed by atoms with E-state index >= 15 is 0 Å². The van der Waals surface area contributed by atoms with Crippen molar-refractivity contribution in [2.75, 3.05) is 26.2 Å². The molecule has 0 unspecified atom stereocenters. The van der Waals surface area contributed by atoms with Crippen LogP contribution >= 0.6 is 0 Å². The Hall–Kier alpha value is -2.94. The molecule has 0 spiro atoms. The van der Waals surface area contributed by atoms with Crippen LogP contribution in [0.15, 0.2) is 35.3 Å². The Labute approximate surface area is 143 Å². The van der Waals surface area contributed by atoms with Gasteiger partial charge in [0.05, 0.1) is 4.92 Å². The highest BCUT2D eigenvalue weighted by atomic mass is 16.6. The minimum atomic E-state index is -0.402. The number of hydrogen-bond acceptors (Lipinski definition) is 5. The number of H-pyrrole nitrogens is 2. The molecule has 9 nitrogen and oxygen atoms in total. The summed E-state index contributed by atoms with van der Waals surface area (Å²) in [5, 5.41) is 10.9. The lowest BCUT2D eigenvalue weighted by molar-refractivity contribution is -0.385. The molecule has 0 bridgehead atoms. The van der Waals surface area contributed by atoms with E-state index in [9.17, 15) is 19.7 Å². The first-order valence-corrected chi connectivity index (χ1v) is 8.01. The van der Waals surface area contributed by atoms with Crippen molar-refractivity contribution in [3.63, 3.8) is 0 Å². The number of benzene rings is 1. The molecule has 3 rings (SSSR count). The van der Waals surface area contributed by atoms with Crippen LogP contribution in [0, 0.1) is 10.1 Å². The number of nitrogens with one attached hydrogen (secondary N) is 2. The summed E-state index contributed by atoms with van der Waals surface area (Å²) < 4.78 is 0. The number of non-ortho nitro benzene ring substituents is 1. The summed E-state index contributed by atoms with van der Waals surface area (Å²) in [6, 6.07) is 6.65. The first-order valence-electron chi connectivity index (χ1n) is 8.01. The van der Waals surface area contributed by atoms with E-state index in [1.54, 1.807) is 17.0 Å². The minimum absolute atomic E-state index is 0.0178. The molecule has 0 radical (unpaired) electrons. The summed E-state index contributed by atoms with van der Waals surface area (Å²) in [4.78, 5) is 42.7. The van der Waals surface area contributed by atoms with Gasteiger partial charge in [0.15, 0.2) is 0 Å². The van der Waals surface area contributed by atoms with E-state index in [1.165, 1.54) is 12.3 Å². The number of nitrogens with zero attached hydrogens (tertiary/aromatic N) is 3. The van der Waals surface area contributed by atoms with Crippen molar-refractivity contribution < 1.29 is 9.72 Å². The molecular formula is C16H19N5O4. The van der Waals surface area contributed by atoms with E-state index in [0.717, 1.165) is 5.56 Å². The van der Waals surface area contributed by atoms with Gasteiger partial charge in [-0.3, -0.25) is 19.8 Å². The Balaban J connectivity index is 1.63. The summed E-state index contributed by atoms with van der Waals surface area (Å²) in [5.74, 6) is -0.207. The van der Waals surface area contributed by atoms with E-state index in [0.29, 0.717) is 26.2 Å². The molecule has 0 saturated carbocycles. The first kappa shape index (κ1) is 16.9. The topological polar surface area (TPSA) is 115 Å². The number of aromatic nitrogens is 2. The number of hydrogen-bond donors (Lipinski definition) is 2. The number of piperazine rings is 1. The Kier molecular flexibility index (Phi) is 4.66. The molecule has 132 valence electrons. The molecule has 2 heterocycles. The average molecular weight is 345 g/mol. The van der Waals surface area contributed by atoms with Crippen molar-refractivity contribution >= 4 is 11.6 Å². The second kappa shape index (κ2) is 6.89. The van der Waals surface area contributed by atoms with Gasteiger partial charge in [0.1, 0.15) is 5.69 Å². The number of aromatic amines is 2. The maximum Gasteiger partial charge on any atom is 0.323 e. The number of carbonyl (C=O) groups is 1. The lowest BCUT2D eigenvalue weighted by atomic mass is 10.1. The van der Waals surface area contributed by atoms with Crippen molar-refractivity contribution in [3.05, 3.63) is 62.3 Å². The standard InChI is InChI=1S/C16H19N5O4/c1-11(12-3-2-4-13(9-12)21(24)25)19-5-7-20(8-6-19)15(22)14-10-17-16(23)18-14/h2-4,9-11H,5-8H2,1H3,(H2,17,18,23)/t11-/m1/s1. The van der Waals surface area contributed by atoms with Crippen LogP contribution < -0.4 is 5.69 Å². The average Bonchev–Trinajstić information content (AvgIpc) is 3.07. The second-order valence-electron chi connectivity index (χ2n) is 6.01. The van der Waals surface area contributed by atoms with Crippen LogP contribution in [0.1, 0.15) is 29.0 Å². The molecule has 2 N–H and O–H groups in total.